The standard InChI is InChI=1S/C12H21NO2/c1-4-10-8-13(9-11(10)5-2)12(14)6-7-15-3/h4-9H2,1-3H3. The van der Waals surface area contributed by atoms with Crippen molar-refractivity contribution in [2.45, 2.75) is 33.1 Å². The Bertz CT molecular complexity index is 242. The first-order valence-corrected chi connectivity index (χ1v) is 5.69. The molecule has 0 aromatic heterocycles. The average Bonchev–Trinajstić information content (AvgIpc) is 2.68. The van der Waals surface area contributed by atoms with Crippen molar-refractivity contribution in [3.63, 3.8) is 0 Å². The molecule has 15 heavy (non-hydrogen) atoms. The van der Waals surface area contributed by atoms with Gasteiger partial charge in [0.05, 0.1) is 13.0 Å². The van der Waals surface area contributed by atoms with Crippen molar-refractivity contribution in [3.8, 4) is 0 Å². The van der Waals surface area contributed by atoms with Gasteiger partial charge in [-0.15, -0.1) is 0 Å². The van der Waals surface area contributed by atoms with Crippen LogP contribution in [-0.4, -0.2) is 37.6 Å². The minimum atomic E-state index is 0.214. The molecule has 0 unspecified atom stereocenters. The van der Waals surface area contributed by atoms with Gasteiger partial charge in [0.15, 0.2) is 0 Å². The molecule has 1 aliphatic rings. The van der Waals surface area contributed by atoms with E-state index in [9.17, 15) is 4.79 Å². The molecule has 0 radical (unpaired) electrons. The summed E-state index contributed by atoms with van der Waals surface area (Å²) < 4.78 is 4.92. The fraction of sp³-hybridized carbons (Fsp3) is 0.750. The van der Waals surface area contributed by atoms with Crippen molar-refractivity contribution in [1.82, 2.24) is 4.90 Å². The van der Waals surface area contributed by atoms with Crippen molar-refractivity contribution in [3.05, 3.63) is 11.1 Å². The van der Waals surface area contributed by atoms with E-state index in [2.05, 4.69) is 13.8 Å². The summed E-state index contributed by atoms with van der Waals surface area (Å²) in [5.41, 5.74) is 2.89. The maximum absolute atomic E-state index is 11.7. The van der Waals surface area contributed by atoms with Gasteiger partial charge in [0.25, 0.3) is 0 Å². The molecule has 0 aromatic rings. The zero-order valence-electron chi connectivity index (χ0n) is 10.0. The third kappa shape index (κ3) is 3.06. The number of carbonyl (C=O) groups excluding carboxylic acids is 1. The molecule has 1 amide bonds. The van der Waals surface area contributed by atoms with Crippen molar-refractivity contribution >= 4 is 5.91 Å². The Morgan fingerprint density at radius 1 is 1.27 bits per heavy atom. The maximum Gasteiger partial charge on any atom is 0.225 e. The van der Waals surface area contributed by atoms with Crippen LogP contribution in [0.4, 0.5) is 0 Å². The quantitative estimate of drug-likeness (QED) is 0.651. The monoisotopic (exact) mass is 211 g/mol. The highest BCUT2D eigenvalue weighted by Gasteiger charge is 2.23. The van der Waals surface area contributed by atoms with Gasteiger partial charge < -0.3 is 9.64 Å². The Morgan fingerprint density at radius 2 is 1.80 bits per heavy atom. The van der Waals surface area contributed by atoms with Gasteiger partial charge in [-0.3, -0.25) is 4.79 Å². The van der Waals surface area contributed by atoms with Gasteiger partial charge in [0, 0.05) is 20.2 Å². The van der Waals surface area contributed by atoms with Gasteiger partial charge in [0.1, 0.15) is 0 Å². The molecule has 0 N–H and O–H groups in total. The first-order valence-electron chi connectivity index (χ1n) is 5.69. The molecule has 0 atom stereocenters. The van der Waals surface area contributed by atoms with Crippen LogP contribution < -0.4 is 0 Å². The number of carbonyl (C=O) groups is 1. The SMILES string of the molecule is CCC1=C(CC)CN(C(=O)CCOC)C1. The third-order valence-corrected chi connectivity index (χ3v) is 2.99. The molecule has 1 heterocycles. The predicted molar refractivity (Wildman–Crippen MR) is 60.7 cm³/mol. The molecule has 0 aliphatic carbocycles. The van der Waals surface area contributed by atoms with Crippen LogP contribution in [0.2, 0.25) is 0 Å². The molecule has 0 fully saturated rings. The molecule has 1 rings (SSSR count). The second-order valence-electron chi connectivity index (χ2n) is 3.91. The van der Waals surface area contributed by atoms with Crippen LogP contribution in [0.15, 0.2) is 11.1 Å². The summed E-state index contributed by atoms with van der Waals surface area (Å²) in [7, 11) is 1.63. The number of ether oxygens (including phenoxy) is 1. The second kappa shape index (κ2) is 5.91. The summed E-state index contributed by atoms with van der Waals surface area (Å²) >= 11 is 0. The molecule has 0 aromatic carbocycles. The van der Waals surface area contributed by atoms with Gasteiger partial charge in [-0.1, -0.05) is 25.0 Å². The van der Waals surface area contributed by atoms with Crippen LogP contribution in [-0.2, 0) is 9.53 Å². The lowest BCUT2D eigenvalue weighted by Gasteiger charge is -2.16. The maximum atomic E-state index is 11.7. The molecule has 0 saturated carbocycles. The highest BCUT2D eigenvalue weighted by Crippen LogP contribution is 2.22. The molecular formula is C12H21NO2. The van der Waals surface area contributed by atoms with Gasteiger partial charge >= 0.3 is 0 Å². The number of methoxy groups -OCH3 is 1. The zero-order valence-corrected chi connectivity index (χ0v) is 10.0. The van der Waals surface area contributed by atoms with E-state index in [-0.39, 0.29) is 5.91 Å². The van der Waals surface area contributed by atoms with Gasteiger partial charge in [-0.05, 0) is 12.8 Å². The number of amides is 1. The van der Waals surface area contributed by atoms with Crippen molar-refractivity contribution in [2.24, 2.45) is 0 Å². The summed E-state index contributed by atoms with van der Waals surface area (Å²) in [5, 5.41) is 0. The summed E-state index contributed by atoms with van der Waals surface area (Å²) in [6, 6.07) is 0. The fourth-order valence-corrected chi connectivity index (χ4v) is 1.99. The second-order valence-corrected chi connectivity index (χ2v) is 3.91. The first kappa shape index (κ1) is 12.2. The van der Waals surface area contributed by atoms with Gasteiger partial charge in [0.2, 0.25) is 5.91 Å². The Kier molecular flexibility index (Phi) is 4.82. The summed E-state index contributed by atoms with van der Waals surface area (Å²) in [5.74, 6) is 0.214. The van der Waals surface area contributed by atoms with Gasteiger partial charge in [-0.25, -0.2) is 0 Å². The molecule has 0 spiro atoms. The topological polar surface area (TPSA) is 29.5 Å². The van der Waals surface area contributed by atoms with Crippen LogP contribution in [0.5, 0.6) is 0 Å². The van der Waals surface area contributed by atoms with E-state index in [1.165, 1.54) is 11.1 Å². The van der Waals surface area contributed by atoms with Gasteiger partial charge in [-0.2, -0.15) is 0 Å². The van der Waals surface area contributed by atoms with Crippen molar-refractivity contribution in [1.29, 1.82) is 0 Å². The lowest BCUT2D eigenvalue weighted by molar-refractivity contribution is -0.130. The predicted octanol–water partition coefficient (Wildman–Crippen LogP) is 1.98. The summed E-state index contributed by atoms with van der Waals surface area (Å²) in [4.78, 5) is 13.7. The van der Waals surface area contributed by atoms with E-state index in [4.69, 9.17) is 4.74 Å². The minimum Gasteiger partial charge on any atom is -0.384 e. The third-order valence-electron chi connectivity index (χ3n) is 2.99. The first-order chi connectivity index (χ1) is 7.22. The summed E-state index contributed by atoms with van der Waals surface area (Å²) in [6.07, 6.45) is 2.64. The fourth-order valence-electron chi connectivity index (χ4n) is 1.99. The molecule has 0 saturated heterocycles. The Labute approximate surface area is 92.1 Å². The molecule has 1 aliphatic heterocycles. The highest BCUT2D eigenvalue weighted by atomic mass is 16.5. The van der Waals surface area contributed by atoms with E-state index >= 15 is 0 Å². The normalized spacial score (nSPS) is 16.3. The van der Waals surface area contributed by atoms with Crippen LogP contribution in [0.3, 0.4) is 0 Å². The van der Waals surface area contributed by atoms with E-state index in [0.717, 1.165) is 25.9 Å². The number of hydrogen-bond acceptors (Lipinski definition) is 2. The van der Waals surface area contributed by atoms with Crippen LogP contribution in [0.25, 0.3) is 0 Å². The molecule has 0 bridgehead atoms. The van der Waals surface area contributed by atoms with E-state index in [0.29, 0.717) is 13.0 Å². The average molecular weight is 211 g/mol. The largest absolute Gasteiger partial charge is 0.384 e. The number of nitrogens with zero attached hydrogens (tertiary/aromatic N) is 1. The highest BCUT2D eigenvalue weighted by molar-refractivity contribution is 5.77. The number of rotatable bonds is 5. The van der Waals surface area contributed by atoms with E-state index in [1.807, 2.05) is 4.90 Å². The zero-order chi connectivity index (χ0) is 11.3. The Hall–Kier alpha value is -0.830. The summed E-state index contributed by atoms with van der Waals surface area (Å²) in [6.45, 7) is 6.52. The molecular weight excluding hydrogens is 190 g/mol. The lowest BCUT2D eigenvalue weighted by atomic mass is 10.1. The smallest absolute Gasteiger partial charge is 0.225 e. The molecule has 86 valence electrons. The number of hydrogen-bond donors (Lipinski definition) is 0. The molecule has 3 heteroatoms. The minimum absolute atomic E-state index is 0.214. The van der Waals surface area contributed by atoms with E-state index in [1.54, 1.807) is 7.11 Å². The molecule has 3 nitrogen and oxygen atoms in total. The van der Waals surface area contributed by atoms with Crippen molar-refractivity contribution in [2.75, 3.05) is 26.8 Å². The Balaban J connectivity index is 2.47. The van der Waals surface area contributed by atoms with E-state index < -0.39 is 0 Å². The Morgan fingerprint density at radius 3 is 2.20 bits per heavy atom. The lowest BCUT2D eigenvalue weighted by Crippen LogP contribution is -2.30. The van der Waals surface area contributed by atoms with Crippen LogP contribution >= 0.6 is 0 Å². The van der Waals surface area contributed by atoms with Crippen molar-refractivity contribution < 1.29 is 9.53 Å². The van der Waals surface area contributed by atoms with Crippen LogP contribution in [0.1, 0.15) is 33.1 Å². The van der Waals surface area contributed by atoms with Crippen LogP contribution in [0, 0.1) is 0 Å².